The maximum absolute atomic E-state index is 7.11. The molecule has 0 radical (unpaired) electrons. The number of fused-ring (bicyclic) bond motifs is 4. The molecule has 4 aliphatic rings. The smallest absolute Gasteiger partial charge is 0.231 e. The van der Waals surface area contributed by atoms with E-state index in [1.54, 1.807) is 34.6 Å². The van der Waals surface area contributed by atoms with E-state index in [2.05, 4.69) is 30.1 Å². The van der Waals surface area contributed by atoms with Gasteiger partial charge in [-0.25, -0.2) is 0 Å². The molecule has 0 aliphatic carbocycles. The van der Waals surface area contributed by atoms with E-state index in [1.807, 2.05) is 36.4 Å². The monoisotopic (exact) mass is 648 g/mol. The summed E-state index contributed by atoms with van der Waals surface area (Å²) in [6, 6.07) is 18.1. The molecule has 4 aromatic carbocycles. The molecule has 0 saturated heterocycles. The summed E-state index contributed by atoms with van der Waals surface area (Å²) in [7, 11) is 8.68. The fraction of sp³-hybridized carbons (Fsp3) is 0.289. The fourth-order valence-corrected chi connectivity index (χ4v) is 7.11. The Labute approximate surface area is 278 Å². The average molecular weight is 649 g/mol. The Kier molecular flexibility index (Phi) is 7.52. The van der Waals surface area contributed by atoms with Gasteiger partial charge in [-0.2, -0.15) is 0 Å². The van der Waals surface area contributed by atoms with Crippen LogP contribution in [0.5, 0.6) is 57.5 Å². The summed E-state index contributed by atoms with van der Waals surface area (Å²) in [5, 5.41) is 1.58. The van der Waals surface area contributed by atoms with Gasteiger partial charge in [-0.05, 0) is 73.0 Å². The van der Waals surface area contributed by atoms with Crippen molar-refractivity contribution in [1.29, 1.82) is 0 Å². The number of hydrogen-bond acceptors (Lipinski definition) is 10. The zero-order chi connectivity index (χ0) is 32.9. The van der Waals surface area contributed by atoms with Crippen LogP contribution in [0.3, 0.4) is 0 Å². The summed E-state index contributed by atoms with van der Waals surface area (Å²) < 4.78 is 49.2. The van der Waals surface area contributed by atoms with Crippen molar-refractivity contribution in [2.24, 2.45) is 0 Å². The Morgan fingerprint density at radius 1 is 0.750 bits per heavy atom. The van der Waals surface area contributed by atoms with Crippen molar-refractivity contribution in [2.45, 2.75) is 25.3 Å². The molecule has 9 rings (SSSR count). The summed E-state index contributed by atoms with van der Waals surface area (Å²) in [5.41, 5.74) is 5.05. The van der Waals surface area contributed by atoms with E-state index in [0.717, 1.165) is 51.7 Å². The molecule has 0 spiro atoms. The molecule has 10 nitrogen and oxygen atoms in total. The van der Waals surface area contributed by atoms with E-state index in [0.29, 0.717) is 70.3 Å². The van der Waals surface area contributed by atoms with Gasteiger partial charge in [-0.15, -0.1) is 0 Å². The van der Waals surface area contributed by atoms with Crippen LogP contribution < -0.4 is 37.9 Å². The van der Waals surface area contributed by atoms with Gasteiger partial charge in [0.25, 0.3) is 0 Å². The minimum absolute atomic E-state index is 0.00272. The van der Waals surface area contributed by atoms with Crippen LogP contribution in [0.15, 0.2) is 60.8 Å². The second kappa shape index (κ2) is 12.0. The zero-order valence-corrected chi connectivity index (χ0v) is 27.5. The van der Waals surface area contributed by atoms with Gasteiger partial charge < -0.3 is 37.9 Å². The molecule has 0 fully saturated rings. The second-order valence-electron chi connectivity index (χ2n) is 12.1. The summed E-state index contributed by atoms with van der Waals surface area (Å²) in [4.78, 5) is 7.23. The van der Waals surface area contributed by atoms with E-state index in [4.69, 9.17) is 42.9 Å². The molecule has 1 unspecified atom stereocenters. The van der Waals surface area contributed by atoms with Crippen molar-refractivity contribution >= 4 is 10.8 Å². The average Bonchev–Trinajstić information content (AvgIpc) is 3.60. The molecular weight excluding hydrogens is 612 g/mol. The standard InChI is InChI=1S/C38H36N2O8/c1-40-15-13-24-26-19-31(42-3)35(43-4)34(24)48-36-32-25(33-38(37(36)44-5)46-20-45-33)12-14-39-27(32)16-21-6-9-23(10-7-21)47-30-18-22(17-28(26)40)8-11-29(30)41-2/h6-12,14,18-19,28H,13,15-17,20H2,1-5H3. The normalized spacial score (nSPS) is 16.4. The molecule has 10 heteroatoms. The third-order valence-electron chi connectivity index (χ3n) is 9.48. The lowest BCUT2D eigenvalue weighted by molar-refractivity contribution is 0.171. The highest BCUT2D eigenvalue weighted by atomic mass is 16.7. The van der Waals surface area contributed by atoms with Crippen LogP contribution in [0, 0.1) is 0 Å². The molecule has 5 heterocycles. The van der Waals surface area contributed by atoms with Crippen LogP contribution in [0.1, 0.15) is 34.0 Å². The first-order valence-corrected chi connectivity index (χ1v) is 15.9. The van der Waals surface area contributed by atoms with Crippen LogP contribution in [0.25, 0.3) is 10.8 Å². The number of nitrogens with zero attached hydrogens (tertiary/aromatic N) is 2. The molecule has 1 aromatic heterocycles. The van der Waals surface area contributed by atoms with Crippen LogP contribution in [-0.4, -0.2) is 58.7 Å². The van der Waals surface area contributed by atoms with E-state index in [1.165, 1.54) is 0 Å². The highest BCUT2D eigenvalue weighted by Crippen LogP contribution is 2.57. The van der Waals surface area contributed by atoms with Crippen molar-refractivity contribution in [1.82, 2.24) is 9.88 Å². The lowest BCUT2D eigenvalue weighted by atomic mass is 9.87. The number of aromatic nitrogens is 1. The Morgan fingerprint density at radius 2 is 1.52 bits per heavy atom. The number of methoxy groups -OCH3 is 4. The van der Waals surface area contributed by atoms with Gasteiger partial charge in [-0.1, -0.05) is 18.2 Å². The fourth-order valence-electron chi connectivity index (χ4n) is 7.11. The number of ether oxygens (including phenoxy) is 8. The Balaban J connectivity index is 1.43. The van der Waals surface area contributed by atoms with Gasteiger partial charge in [-0.3, -0.25) is 9.88 Å². The van der Waals surface area contributed by atoms with Gasteiger partial charge in [0.05, 0.1) is 39.5 Å². The third kappa shape index (κ3) is 4.86. The van der Waals surface area contributed by atoms with E-state index in [9.17, 15) is 0 Å². The largest absolute Gasteiger partial charge is 0.493 e. The van der Waals surface area contributed by atoms with Crippen LogP contribution >= 0.6 is 0 Å². The lowest BCUT2D eigenvalue weighted by Crippen LogP contribution is -2.33. The second-order valence-corrected chi connectivity index (χ2v) is 12.1. The Hall–Kier alpha value is -5.35. The molecule has 246 valence electrons. The maximum Gasteiger partial charge on any atom is 0.231 e. The topological polar surface area (TPSA) is 90.0 Å². The van der Waals surface area contributed by atoms with Gasteiger partial charge in [0.15, 0.2) is 34.5 Å². The highest BCUT2D eigenvalue weighted by molar-refractivity contribution is 6.01. The number of pyridine rings is 1. The molecule has 8 bridgehead atoms. The molecule has 0 saturated carbocycles. The van der Waals surface area contributed by atoms with Crippen LogP contribution in [0.2, 0.25) is 0 Å². The van der Waals surface area contributed by atoms with Crippen LogP contribution in [-0.2, 0) is 19.3 Å². The first-order valence-electron chi connectivity index (χ1n) is 15.9. The number of benzene rings is 4. The quantitative estimate of drug-likeness (QED) is 0.198. The molecule has 5 aromatic rings. The first kappa shape index (κ1) is 30.0. The summed E-state index contributed by atoms with van der Waals surface area (Å²) >= 11 is 0. The molecule has 0 amide bonds. The summed E-state index contributed by atoms with van der Waals surface area (Å²) in [6.07, 6.45) is 3.74. The van der Waals surface area contributed by atoms with E-state index >= 15 is 0 Å². The van der Waals surface area contributed by atoms with Gasteiger partial charge in [0.1, 0.15) is 5.75 Å². The van der Waals surface area contributed by atoms with Crippen molar-refractivity contribution in [3.05, 3.63) is 88.7 Å². The Bertz CT molecular complexity index is 2040. The molecule has 0 N–H and O–H groups in total. The summed E-state index contributed by atoms with van der Waals surface area (Å²) in [5.74, 6) is 5.66. The van der Waals surface area contributed by atoms with Crippen LogP contribution in [0.4, 0.5) is 0 Å². The van der Waals surface area contributed by atoms with Crippen molar-refractivity contribution < 1.29 is 37.9 Å². The SMILES string of the molecule is COc1ccc2cc1Oc1ccc(cc1)Cc1nccc3c4c(c(OC)c(c13)Oc1c3c(cc(OC)c1OC)C(C2)N(C)CC3)OCO4. The summed E-state index contributed by atoms with van der Waals surface area (Å²) in [6.45, 7) is 0.876. The Morgan fingerprint density at radius 3 is 2.29 bits per heavy atom. The number of likely N-dealkylation sites (N-methyl/N-ethyl adjacent to an activating group) is 1. The lowest BCUT2D eigenvalue weighted by Gasteiger charge is -2.36. The zero-order valence-electron chi connectivity index (χ0n) is 27.5. The van der Waals surface area contributed by atoms with Gasteiger partial charge in [0.2, 0.25) is 24.0 Å². The molecule has 48 heavy (non-hydrogen) atoms. The number of rotatable bonds is 4. The van der Waals surface area contributed by atoms with Crippen molar-refractivity contribution in [3.8, 4) is 57.5 Å². The van der Waals surface area contributed by atoms with E-state index < -0.39 is 0 Å². The highest BCUT2D eigenvalue weighted by Gasteiger charge is 2.35. The number of hydrogen-bond donors (Lipinski definition) is 0. The predicted molar refractivity (Wildman–Crippen MR) is 179 cm³/mol. The first-order chi connectivity index (χ1) is 23.5. The van der Waals surface area contributed by atoms with Gasteiger partial charge >= 0.3 is 0 Å². The van der Waals surface area contributed by atoms with E-state index in [-0.39, 0.29) is 12.8 Å². The van der Waals surface area contributed by atoms with Crippen molar-refractivity contribution in [2.75, 3.05) is 48.8 Å². The minimum atomic E-state index is 0.00272. The maximum atomic E-state index is 7.11. The molecular formula is C38H36N2O8. The third-order valence-corrected chi connectivity index (χ3v) is 9.48. The van der Waals surface area contributed by atoms with Gasteiger partial charge in [0, 0.05) is 36.2 Å². The van der Waals surface area contributed by atoms with Crippen molar-refractivity contribution in [3.63, 3.8) is 0 Å². The minimum Gasteiger partial charge on any atom is -0.493 e. The predicted octanol–water partition coefficient (Wildman–Crippen LogP) is 7.26. The molecule has 1 atom stereocenters. The molecule has 4 aliphatic heterocycles.